The minimum absolute atomic E-state index is 0.0862. The third-order valence-electron chi connectivity index (χ3n) is 8.86. The maximum absolute atomic E-state index is 14.5. The summed E-state index contributed by atoms with van der Waals surface area (Å²) in [4.78, 5) is 48.5. The molecule has 8 heteroatoms. The molecule has 1 spiro atoms. The normalized spacial score (nSPS) is 27.9. The number of likely N-dealkylation sites (tertiary alicyclic amines) is 1. The molecule has 3 aliphatic rings. The molecule has 0 aromatic heterocycles. The summed E-state index contributed by atoms with van der Waals surface area (Å²) in [6.07, 6.45) is 5.21. The van der Waals surface area contributed by atoms with Crippen LogP contribution in [-0.2, 0) is 20.9 Å². The first kappa shape index (κ1) is 29.1. The Morgan fingerprint density at radius 3 is 2.32 bits per heavy atom. The number of hydrogen-bond acceptors (Lipinski definition) is 5. The lowest BCUT2D eigenvalue weighted by atomic mass is 9.66. The molecule has 3 fully saturated rings. The van der Waals surface area contributed by atoms with E-state index in [9.17, 15) is 19.5 Å². The van der Waals surface area contributed by atoms with Crippen molar-refractivity contribution in [2.75, 3.05) is 31.1 Å². The number of anilines is 1. The number of amides is 3. The van der Waals surface area contributed by atoms with Crippen molar-refractivity contribution in [1.82, 2.24) is 9.80 Å². The summed E-state index contributed by atoms with van der Waals surface area (Å²) in [5.74, 6) is -1.59. The highest BCUT2D eigenvalue weighted by atomic mass is 32.2. The molecule has 2 unspecified atom stereocenters. The van der Waals surface area contributed by atoms with Crippen molar-refractivity contribution in [3.8, 4) is 0 Å². The van der Waals surface area contributed by atoms with Crippen LogP contribution in [0.25, 0.3) is 0 Å². The number of benzene rings is 2. The van der Waals surface area contributed by atoms with Gasteiger partial charge in [-0.1, -0.05) is 60.7 Å². The van der Waals surface area contributed by atoms with E-state index in [4.69, 9.17) is 0 Å². The van der Waals surface area contributed by atoms with Crippen molar-refractivity contribution in [2.45, 2.75) is 48.3 Å². The zero-order valence-electron chi connectivity index (χ0n) is 23.7. The van der Waals surface area contributed by atoms with E-state index in [1.54, 1.807) is 38.6 Å². The van der Waals surface area contributed by atoms with Crippen LogP contribution in [0.1, 0.15) is 31.7 Å². The molecular formula is C33H39N3O4S. The highest BCUT2D eigenvalue weighted by molar-refractivity contribution is 8.02. The summed E-state index contributed by atoms with van der Waals surface area (Å²) in [5, 5.41) is 9.68. The monoisotopic (exact) mass is 573 g/mol. The van der Waals surface area contributed by atoms with Crippen LogP contribution in [0.2, 0.25) is 0 Å². The number of aliphatic hydroxyl groups is 1. The number of hydrogen-bond donors (Lipinski definition) is 1. The number of aliphatic hydroxyl groups excluding tert-OH is 1. The number of thioether (sulfide) groups is 1. The van der Waals surface area contributed by atoms with E-state index >= 15 is 0 Å². The van der Waals surface area contributed by atoms with E-state index in [1.807, 2.05) is 60.7 Å². The third-order valence-corrected chi connectivity index (χ3v) is 10.8. The molecule has 3 heterocycles. The van der Waals surface area contributed by atoms with Crippen molar-refractivity contribution in [2.24, 2.45) is 11.8 Å². The smallest absolute Gasteiger partial charge is 0.247 e. The van der Waals surface area contributed by atoms with Gasteiger partial charge >= 0.3 is 0 Å². The molecule has 5 rings (SSSR count). The minimum Gasteiger partial charge on any atom is -0.396 e. The maximum Gasteiger partial charge on any atom is 0.247 e. The molecule has 0 saturated carbocycles. The highest BCUT2D eigenvalue weighted by Crippen LogP contribution is 2.71. The number of carbonyl (C=O) groups is 3. The van der Waals surface area contributed by atoms with E-state index < -0.39 is 27.4 Å². The molecule has 41 heavy (non-hydrogen) atoms. The zero-order valence-corrected chi connectivity index (χ0v) is 24.5. The number of rotatable bonds is 12. The van der Waals surface area contributed by atoms with E-state index in [-0.39, 0.29) is 30.9 Å². The minimum atomic E-state index is -0.718. The predicted molar refractivity (Wildman–Crippen MR) is 163 cm³/mol. The van der Waals surface area contributed by atoms with Crippen molar-refractivity contribution in [3.05, 3.63) is 91.5 Å². The molecule has 5 atom stereocenters. The fourth-order valence-corrected chi connectivity index (χ4v) is 9.50. The molecule has 0 aliphatic carbocycles. The van der Waals surface area contributed by atoms with Gasteiger partial charge in [0.1, 0.15) is 6.04 Å². The van der Waals surface area contributed by atoms with Crippen molar-refractivity contribution in [3.63, 3.8) is 0 Å². The van der Waals surface area contributed by atoms with Gasteiger partial charge in [0.2, 0.25) is 17.7 Å². The Kier molecular flexibility index (Phi) is 8.43. The van der Waals surface area contributed by atoms with Crippen molar-refractivity contribution in [1.29, 1.82) is 0 Å². The largest absolute Gasteiger partial charge is 0.396 e. The molecule has 3 saturated heterocycles. The second-order valence-corrected chi connectivity index (χ2v) is 13.3. The Labute approximate surface area is 246 Å². The topological polar surface area (TPSA) is 81.2 Å². The third kappa shape index (κ3) is 5.01. The lowest BCUT2D eigenvalue weighted by Crippen LogP contribution is -2.55. The molecule has 2 aromatic carbocycles. The van der Waals surface area contributed by atoms with Gasteiger partial charge in [0.15, 0.2) is 0 Å². The molecule has 7 nitrogen and oxygen atoms in total. The van der Waals surface area contributed by atoms with Crippen LogP contribution in [-0.4, -0.2) is 74.4 Å². The Hall–Kier alpha value is -3.36. The van der Waals surface area contributed by atoms with Gasteiger partial charge in [-0.05, 0) is 43.9 Å². The fourth-order valence-electron chi connectivity index (χ4n) is 7.16. The highest BCUT2D eigenvalue weighted by Gasteiger charge is 2.77. The fraction of sp³-hybridized carbons (Fsp3) is 0.424. The molecule has 0 radical (unpaired) electrons. The van der Waals surface area contributed by atoms with E-state index in [1.165, 1.54) is 0 Å². The molecule has 3 amide bonds. The van der Waals surface area contributed by atoms with Crippen molar-refractivity contribution < 1.29 is 19.5 Å². The van der Waals surface area contributed by atoms with Crippen LogP contribution in [0, 0.1) is 11.8 Å². The summed E-state index contributed by atoms with van der Waals surface area (Å²) in [6.45, 7) is 11.1. The Morgan fingerprint density at radius 1 is 1.02 bits per heavy atom. The average molecular weight is 574 g/mol. The lowest BCUT2D eigenvalue weighted by Gasteiger charge is -2.38. The van der Waals surface area contributed by atoms with Gasteiger partial charge in [0, 0.05) is 43.2 Å². The van der Waals surface area contributed by atoms with Crippen LogP contribution in [0.15, 0.2) is 86.0 Å². The second kappa shape index (κ2) is 11.9. The molecular weight excluding hydrogens is 534 g/mol. The summed E-state index contributed by atoms with van der Waals surface area (Å²) in [6, 6.07) is 18.6. The van der Waals surface area contributed by atoms with Gasteiger partial charge in [-0.3, -0.25) is 14.4 Å². The quantitative estimate of drug-likeness (QED) is 0.384. The average Bonchev–Trinajstić information content (AvgIpc) is 3.55. The maximum atomic E-state index is 14.5. The first-order chi connectivity index (χ1) is 19.8. The van der Waals surface area contributed by atoms with E-state index in [2.05, 4.69) is 20.1 Å². The first-order valence-electron chi connectivity index (χ1n) is 14.3. The SMILES string of the molecule is C=CCN(Cc1ccccc1)C(=O)C1N(CCCO)C(=O)[C@@H]2[C@@H](C(=O)N(CC=C)c3ccccc3)[C@@]3(C)CCC12S3. The standard InChI is InChI=1S/C33H39N3O4S/c1-4-19-34(23-24-13-8-6-9-14-24)31(40)28-33-18-17-32(3,41-33)26(27(33)30(39)36(28)21-12-22-37)29(38)35(20-5-2)25-15-10-7-11-16-25/h4-11,13-16,26-28,37H,1-2,12,17-23H2,3H3/t26-,27-,28?,32+,33?/m0/s1. The summed E-state index contributed by atoms with van der Waals surface area (Å²) in [7, 11) is 0. The van der Waals surface area contributed by atoms with Gasteiger partial charge in [-0.2, -0.15) is 0 Å². The summed E-state index contributed by atoms with van der Waals surface area (Å²) >= 11 is 1.67. The predicted octanol–water partition coefficient (Wildman–Crippen LogP) is 4.28. The molecule has 2 aromatic rings. The number of fused-ring (bicyclic) bond motifs is 1. The van der Waals surface area contributed by atoms with Crippen LogP contribution in [0.5, 0.6) is 0 Å². The Balaban J connectivity index is 1.55. The lowest BCUT2D eigenvalue weighted by molar-refractivity contribution is -0.143. The molecule has 216 valence electrons. The first-order valence-corrected chi connectivity index (χ1v) is 15.2. The number of para-hydroxylation sites is 1. The Bertz CT molecular complexity index is 1300. The van der Waals surface area contributed by atoms with E-state index in [0.717, 1.165) is 17.7 Å². The van der Waals surface area contributed by atoms with Gasteiger partial charge in [0.25, 0.3) is 0 Å². The van der Waals surface area contributed by atoms with E-state index in [0.29, 0.717) is 32.5 Å². The van der Waals surface area contributed by atoms with Gasteiger partial charge in [-0.25, -0.2) is 0 Å². The van der Waals surface area contributed by atoms with Crippen molar-refractivity contribution >= 4 is 35.2 Å². The zero-order chi connectivity index (χ0) is 29.2. The van der Waals surface area contributed by atoms with Gasteiger partial charge < -0.3 is 19.8 Å². The van der Waals surface area contributed by atoms with Crippen LogP contribution in [0.3, 0.4) is 0 Å². The number of nitrogens with zero attached hydrogens (tertiary/aromatic N) is 3. The van der Waals surface area contributed by atoms with Gasteiger partial charge in [-0.15, -0.1) is 24.9 Å². The molecule has 2 bridgehead atoms. The Morgan fingerprint density at radius 2 is 1.68 bits per heavy atom. The van der Waals surface area contributed by atoms with Crippen LogP contribution < -0.4 is 4.90 Å². The number of carbonyl (C=O) groups excluding carboxylic acids is 3. The second-order valence-electron chi connectivity index (χ2n) is 11.4. The van der Waals surface area contributed by atoms with Crippen LogP contribution >= 0.6 is 11.8 Å². The molecule has 1 N–H and O–H groups in total. The summed E-state index contributed by atoms with van der Waals surface area (Å²) < 4.78 is -1.19. The summed E-state index contributed by atoms with van der Waals surface area (Å²) in [5.41, 5.74) is 1.76. The molecule has 3 aliphatic heterocycles. The van der Waals surface area contributed by atoms with Gasteiger partial charge in [0.05, 0.1) is 16.6 Å². The van der Waals surface area contributed by atoms with Crippen LogP contribution in [0.4, 0.5) is 5.69 Å².